The Morgan fingerprint density at radius 3 is 2.68 bits per heavy atom. The number of pyridine rings is 2. The molecule has 38 heavy (non-hydrogen) atoms. The van der Waals surface area contributed by atoms with Gasteiger partial charge in [-0.15, -0.1) is 11.3 Å². The Labute approximate surface area is 221 Å². The van der Waals surface area contributed by atoms with Gasteiger partial charge in [0.15, 0.2) is 11.4 Å². The number of aromatic amines is 2. The number of amides is 1. The third kappa shape index (κ3) is 3.97. The van der Waals surface area contributed by atoms with Gasteiger partial charge in [0.1, 0.15) is 5.69 Å². The number of thiophene rings is 1. The number of Topliss-reactive ketones (excluding diaryl/α,β-unsaturated/α-hetero) is 1. The molecule has 1 fully saturated rings. The summed E-state index contributed by atoms with van der Waals surface area (Å²) in [4.78, 5) is 38.2. The number of H-pyrrole nitrogens is 2. The van der Waals surface area contributed by atoms with E-state index in [2.05, 4.69) is 42.6 Å². The van der Waals surface area contributed by atoms with Crippen LogP contribution in [0.3, 0.4) is 0 Å². The Kier molecular flexibility index (Phi) is 5.19. The number of carbonyl (C=O) groups is 2. The number of anilines is 1. The van der Waals surface area contributed by atoms with Crippen LogP contribution in [0.1, 0.15) is 29.4 Å². The minimum absolute atomic E-state index is 0.0490. The largest absolute Gasteiger partial charge is 0.353 e. The molecule has 0 saturated heterocycles. The molecule has 1 aliphatic carbocycles. The van der Waals surface area contributed by atoms with Crippen LogP contribution in [0, 0.1) is 5.92 Å². The lowest BCUT2D eigenvalue weighted by Crippen LogP contribution is -2.13. The fraction of sp³-hybridized carbons (Fsp3) is 0.138. The lowest BCUT2D eigenvalue weighted by atomic mass is 10.1. The van der Waals surface area contributed by atoms with E-state index in [9.17, 15) is 9.59 Å². The number of fused-ring (bicyclic) bond motifs is 2. The van der Waals surface area contributed by atoms with E-state index in [1.807, 2.05) is 36.4 Å². The molecule has 0 radical (unpaired) electrons. The molecule has 3 N–H and O–H groups in total. The molecule has 5 heterocycles. The van der Waals surface area contributed by atoms with E-state index in [1.54, 1.807) is 25.5 Å². The maximum atomic E-state index is 12.2. The molecule has 0 spiro atoms. The predicted octanol–water partition coefficient (Wildman–Crippen LogP) is 6.45. The molecule has 1 aliphatic rings. The van der Waals surface area contributed by atoms with Gasteiger partial charge < -0.3 is 10.3 Å². The third-order valence-corrected chi connectivity index (χ3v) is 8.06. The van der Waals surface area contributed by atoms with Crippen molar-refractivity contribution in [1.82, 2.24) is 25.1 Å². The average Bonchev–Trinajstić information content (AvgIpc) is 3.32. The van der Waals surface area contributed by atoms with Crippen LogP contribution in [0.15, 0.2) is 67.1 Å². The van der Waals surface area contributed by atoms with Crippen molar-refractivity contribution >= 4 is 50.7 Å². The van der Waals surface area contributed by atoms with Crippen molar-refractivity contribution in [3.63, 3.8) is 0 Å². The van der Waals surface area contributed by atoms with Crippen molar-refractivity contribution in [2.75, 3.05) is 5.32 Å². The van der Waals surface area contributed by atoms with Crippen LogP contribution in [0.4, 0.5) is 5.69 Å². The van der Waals surface area contributed by atoms with Crippen LogP contribution in [-0.4, -0.2) is 36.8 Å². The van der Waals surface area contributed by atoms with Crippen molar-refractivity contribution in [2.45, 2.75) is 19.8 Å². The van der Waals surface area contributed by atoms with Crippen molar-refractivity contribution in [3.05, 3.63) is 72.0 Å². The first-order valence-electron chi connectivity index (χ1n) is 12.4. The van der Waals surface area contributed by atoms with Crippen LogP contribution >= 0.6 is 11.3 Å². The summed E-state index contributed by atoms with van der Waals surface area (Å²) in [5, 5.41) is 12.5. The molecular formula is C29H22N6O2S. The number of rotatable bonds is 6. The van der Waals surface area contributed by atoms with E-state index < -0.39 is 0 Å². The van der Waals surface area contributed by atoms with Gasteiger partial charge in [0.25, 0.3) is 0 Å². The standard InChI is InChI=1S/C29H22N6O2S/c1-15(36)25-7-8-26(38-25)20-3-2-4-23-21(20)11-24(33-23)27-22-10-18(13-31-28(22)35-34-27)17-9-19(14-30-12-17)32-29(37)16-5-6-16/h2-4,7-14,16,33H,5-6H2,1H3,(H,32,37)(H,31,34,35). The smallest absolute Gasteiger partial charge is 0.227 e. The molecule has 0 atom stereocenters. The van der Waals surface area contributed by atoms with Gasteiger partial charge in [0.2, 0.25) is 5.91 Å². The number of ketones is 1. The zero-order chi connectivity index (χ0) is 25.8. The summed E-state index contributed by atoms with van der Waals surface area (Å²) in [6, 6.07) is 16.0. The minimum Gasteiger partial charge on any atom is -0.353 e. The molecule has 0 aliphatic heterocycles. The number of benzene rings is 1. The van der Waals surface area contributed by atoms with E-state index >= 15 is 0 Å². The van der Waals surface area contributed by atoms with Crippen LogP contribution in [0.2, 0.25) is 0 Å². The molecule has 1 amide bonds. The van der Waals surface area contributed by atoms with Crippen molar-refractivity contribution in [1.29, 1.82) is 0 Å². The molecule has 8 nitrogen and oxygen atoms in total. The summed E-state index contributed by atoms with van der Waals surface area (Å²) < 4.78 is 0. The maximum Gasteiger partial charge on any atom is 0.227 e. The highest BCUT2D eigenvalue weighted by Gasteiger charge is 2.29. The van der Waals surface area contributed by atoms with Crippen LogP contribution in [0.25, 0.3) is 54.9 Å². The summed E-state index contributed by atoms with van der Waals surface area (Å²) in [6.07, 6.45) is 7.10. The number of nitrogens with one attached hydrogen (secondary N) is 3. The first-order chi connectivity index (χ1) is 18.5. The normalized spacial score (nSPS) is 13.3. The van der Waals surface area contributed by atoms with Gasteiger partial charge in [0, 0.05) is 56.2 Å². The fourth-order valence-electron chi connectivity index (χ4n) is 4.69. The Morgan fingerprint density at radius 2 is 1.87 bits per heavy atom. The quantitative estimate of drug-likeness (QED) is 0.219. The molecular weight excluding hydrogens is 496 g/mol. The summed E-state index contributed by atoms with van der Waals surface area (Å²) >= 11 is 1.50. The SMILES string of the molecule is CC(=O)c1ccc(-c2cccc3[nH]c(-c4n[nH]c5ncc(-c6cncc(NC(=O)C7CC7)c6)cc45)cc23)s1. The van der Waals surface area contributed by atoms with Gasteiger partial charge in [0.05, 0.1) is 22.5 Å². The third-order valence-electron chi connectivity index (χ3n) is 6.84. The Hall–Kier alpha value is -4.63. The molecule has 0 unspecified atom stereocenters. The summed E-state index contributed by atoms with van der Waals surface area (Å²) in [5.41, 5.74) is 6.77. The number of aromatic nitrogens is 5. The Bertz CT molecular complexity index is 1880. The second-order valence-electron chi connectivity index (χ2n) is 9.59. The zero-order valence-corrected chi connectivity index (χ0v) is 21.2. The van der Waals surface area contributed by atoms with E-state index in [1.165, 1.54) is 11.3 Å². The molecule has 186 valence electrons. The van der Waals surface area contributed by atoms with Gasteiger partial charge in [-0.3, -0.25) is 19.7 Å². The summed E-state index contributed by atoms with van der Waals surface area (Å²) in [6.45, 7) is 1.59. The average molecular weight is 519 g/mol. The van der Waals surface area contributed by atoms with E-state index in [0.29, 0.717) is 11.3 Å². The van der Waals surface area contributed by atoms with Crippen LogP contribution in [-0.2, 0) is 4.79 Å². The highest BCUT2D eigenvalue weighted by molar-refractivity contribution is 7.17. The van der Waals surface area contributed by atoms with Crippen LogP contribution in [0.5, 0.6) is 0 Å². The van der Waals surface area contributed by atoms with Crippen molar-refractivity contribution in [2.24, 2.45) is 5.92 Å². The molecule has 9 heteroatoms. The lowest BCUT2D eigenvalue weighted by Gasteiger charge is -2.07. The summed E-state index contributed by atoms with van der Waals surface area (Å²) in [5.74, 6) is 0.242. The Morgan fingerprint density at radius 1 is 1.00 bits per heavy atom. The molecule has 1 aromatic carbocycles. The van der Waals surface area contributed by atoms with E-state index in [-0.39, 0.29) is 17.6 Å². The summed E-state index contributed by atoms with van der Waals surface area (Å²) in [7, 11) is 0. The first-order valence-corrected chi connectivity index (χ1v) is 13.2. The molecule has 5 aromatic heterocycles. The lowest BCUT2D eigenvalue weighted by molar-refractivity contribution is -0.117. The van der Waals surface area contributed by atoms with Gasteiger partial charge in [-0.2, -0.15) is 5.10 Å². The fourth-order valence-corrected chi connectivity index (χ4v) is 5.63. The van der Waals surface area contributed by atoms with Crippen molar-refractivity contribution < 1.29 is 9.59 Å². The van der Waals surface area contributed by atoms with Gasteiger partial charge in [-0.25, -0.2) is 4.98 Å². The minimum atomic E-state index is 0.0490. The Balaban J connectivity index is 1.27. The highest BCUT2D eigenvalue weighted by atomic mass is 32.1. The number of hydrogen-bond donors (Lipinski definition) is 3. The number of hydrogen-bond acceptors (Lipinski definition) is 6. The van der Waals surface area contributed by atoms with Crippen molar-refractivity contribution in [3.8, 4) is 33.0 Å². The predicted molar refractivity (Wildman–Crippen MR) is 149 cm³/mol. The first kappa shape index (κ1) is 22.6. The van der Waals surface area contributed by atoms with E-state index in [4.69, 9.17) is 0 Å². The molecule has 1 saturated carbocycles. The van der Waals surface area contributed by atoms with Gasteiger partial charge in [-0.1, -0.05) is 12.1 Å². The number of nitrogens with zero attached hydrogens (tertiary/aromatic N) is 3. The van der Waals surface area contributed by atoms with E-state index in [0.717, 1.165) is 67.0 Å². The highest BCUT2D eigenvalue weighted by Crippen LogP contribution is 2.37. The van der Waals surface area contributed by atoms with Gasteiger partial charge >= 0.3 is 0 Å². The molecule has 6 aromatic rings. The maximum absolute atomic E-state index is 12.2. The monoisotopic (exact) mass is 518 g/mol. The van der Waals surface area contributed by atoms with Crippen LogP contribution < -0.4 is 5.32 Å². The molecule has 0 bridgehead atoms. The second kappa shape index (κ2) is 8.74. The second-order valence-corrected chi connectivity index (χ2v) is 10.7. The number of carbonyl (C=O) groups excluding carboxylic acids is 2. The molecule has 7 rings (SSSR count). The van der Waals surface area contributed by atoms with Gasteiger partial charge in [-0.05, 0) is 56.2 Å². The zero-order valence-electron chi connectivity index (χ0n) is 20.4. The topological polar surface area (TPSA) is 116 Å².